The van der Waals surface area contributed by atoms with Gasteiger partial charge in [-0.25, -0.2) is 4.98 Å². The van der Waals surface area contributed by atoms with E-state index in [1.165, 1.54) is 12.7 Å². The molecule has 0 saturated heterocycles. The lowest BCUT2D eigenvalue weighted by Gasteiger charge is -2.37. The van der Waals surface area contributed by atoms with Crippen molar-refractivity contribution in [1.29, 1.82) is 0 Å². The number of aliphatic hydroxyl groups is 1. The van der Waals surface area contributed by atoms with Gasteiger partial charge >= 0.3 is 0 Å². The van der Waals surface area contributed by atoms with Gasteiger partial charge in [0.2, 0.25) is 11.8 Å². The number of hydrogen-bond donors (Lipinski definition) is 1. The number of nitrogens with zero attached hydrogens (tertiary/aromatic N) is 3. The van der Waals surface area contributed by atoms with E-state index in [1.807, 2.05) is 19.9 Å². The van der Waals surface area contributed by atoms with Gasteiger partial charge in [0.15, 0.2) is 0 Å². The zero-order valence-corrected chi connectivity index (χ0v) is 18.8. The summed E-state index contributed by atoms with van der Waals surface area (Å²) in [6, 6.07) is 1.51. The van der Waals surface area contributed by atoms with E-state index in [9.17, 15) is 14.7 Å². The van der Waals surface area contributed by atoms with Crippen LogP contribution in [0.3, 0.4) is 0 Å². The number of hydrogen-bond acceptors (Lipinski definition) is 6. The van der Waals surface area contributed by atoms with Crippen molar-refractivity contribution >= 4 is 17.4 Å². The lowest BCUT2D eigenvalue weighted by molar-refractivity contribution is -0.135. The molecule has 2 amide bonds. The molecule has 170 valence electrons. The van der Waals surface area contributed by atoms with Gasteiger partial charge < -0.3 is 24.4 Å². The molecule has 0 bridgehead atoms. The molecule has 3 atom stereocenters. The molecule has 1 aliphatic heterocycles. The van der Waals surface area contributed by atoms with Crippen LogP contribution in [0.1, 0.15) is 49.0 Å². The van der Waals surface area contributed by atoms with Gasteiger partial charge in [-0.3, -0.25) is 9.59 Å². The van der Waals surface area contributed by atoms with E-state index in [0.29, 0.717) is 18.7 Å². The molecule has 1 N–H and O–H groups in total. The first kappa shape index (κ1) is 23.2. The highest BCUT2D eigenvalue weighted by Gasteiger charge is 2.34. The van der Waals surface area contributed by atoms with Gasteiger partial charge in [-0.15, -0.1) is 0 Å². The number of ether oxygens (including phenoxy) is 2. The van der Waals surface area contributed by atoms with Gasteiger partial charge in [0, 0.05) is 32.8 Å². The Morgan fingerprint density at radius 3 is 2.90 bits per heavy atom. The minimum Gasteiger partial charge on any atom is -0.472 e. The number of rotatable bonds is 7. The van der Waals surface area contributed by atoms with Crippen molar-refractivity contribution in [2.75, 3.05) is 40.5 Å². The normalized spacial score (nSPS) is 22.2. The minimum atomic E-state index is -0.366. The number of amides is 2. The van der Waals surface area contributed by atoms with Crippen molar-refractivity contribution in [3.63, 3.8) is 0 Å². The van der Waals surface area contributed by atoms with Gasteiger partial charge in [0.05, 0.1) is 19.2 Å². The van der Waals surface area contributed by atoms with E-state index in [0.717, 1.165) is 24.8 Å². The smallest absolute Gasteiger partial charge is 0.259 e. The molecule has 1 aliphatic carbocycles. The molecular weight excluding hydrogens is 398 g/mol. The number of carbonyl (C=O) groups excluding carboxylic acids is 2. The fraction of sp³-hybridized carbons (Fsp3) is 0.609. The van der Waals surface area contributed by atoms with Crippen molar-refractivity contribution in [3.8, 4) is 5.88 Å². The number of methoxy groups -OCH3 is 1. The van der Waals surface area contributed by atoms with Crippen LogP contribution in [0.4, 0.5) is 0 Å². The van der Waals surface area contributed by atoms with Crippen LogP contribution >= 0.6 is 0 Å². The number of likely N-dealkylation sites (N-methyl/N-ethyl adjacent to an activating group) is 1. The predicted octanol–water partition coefficient (Wildman–Crippen LogP) is 1.97. The molecule has 2 aliphatic rings. The van der Waals surface area contributed by atoms with Gasteiger partial charge in [-0.05, 0) is 43.4 Å². The molecule has 8 nitrogen and oxygen atoms in total. The Hall–Kier alpha value is -2.45. The second-order valence-electron chi connectivity index (χ2n) is 8.53. The van der Waals surface area contributed by atoms with E-state index < -0.39 is 0 Å². The Morgan fingerprint density at radius 2 is 2.26 bits per heavy atom. The number of aromatic nitrogens is 1. The zero-order valence-electron chi connectivity index (χ0n) is 18.8. The van der Waals surface area contributed by atoms with Crippen molar-refractivity contribution < 1.29 is 24.2 Å². The van der Waals surface area contributed by atoms with E-state index in [-0.39, 0.29) is 49.0 Å². The summed E-state index contributed by atoms with van der Waals surface area (Å²) in [6.45, 7) is 4.41. The fourth-order valence-corrected chi connectivity index (χ4v) is 4.03. The molecule has 0 spiro atoms. The number of allylic oxidation sites excluding steroid dienone is 2. The molecule has 1 aromatic heterocycles. The average molecular weight is 432 g/mol. The topological polar surface area (TPSA) is 92.2 Å². The van der Waals surface area contributed by atoms with Crippen LogP contribution in [0.15, 0.2) is 18.3 Å². The number of fused-ring (bicyclic) bond motifs is 1. The van der Waals surface area contributed by atoms with Crippen LogP contribution in [-0.2, 0) is 9.53 Å². The highest BCUT2D eigenvalue weighted by atomic mass is 16.5. The van der Waals surface area contributed by atoms with Crippen molar-refractivity contribution in [2.45, 2.75) is 45.3 Å². The van der Waals surface area contributed by atoms with Crippen molar-refractivity contribution in [3.05, 3.63) is 29.5 Å². The lowest BCUT2D eigenvalue weighted by atomic mass is 9.99. The summed E-state index contributed by atoms with van der Waals surface area (Å²) in [5.41, 5.74) is 2.53. The van der Waals surface area contributed by atoms with Crippen LogP contribution in [0.2, 0.25) is 0 Å². The highest BCUT2D eigenvalue weighted by Crippen LogP contribution is 2.32. The van der Waals surface area contributed by atoms with Gasteiger partial charge in [0.1, 0.15) is 18.3 Å². The molecule has 0 aromatic carbocycles. The first-order valence-corrected chi connectivity index (χ1v) is 10.9. The second kappa shape index (κ2) is 10.2. The van der Waals surface area contributed by atoms with Crippen LogP contribution in [0.5, 0.6) is 5.88 Å². The average Bonchev–Trinajstić information content (AvgIpc) is 3.30. The molecule has 31 heavy (non-hydrogen) atoms. The van der Waals surface area contributed by atoms with Crippen molar-refractivity contribution in [2.24, 2.45) is 5.92 Å². The third kappa shape index (κ3) is 5.25. The standard InChI is InChI=1S/C23H33N3O5/c1-15-11-26(16(2)13-27)23(29)19-9-18(17-7-5-6-8-17)10-24-22(19)31-20(15)12-25(3)21(28)14-30-4/h7,9-10,15-16,20,27H,5-6,8,11-14H2,1-4H3/t15-,16+,20-/m0/s1. The van der Waals surface area contributed by atoms with E-state index in [1.54, 1.807) is 23.0 Å². The number of aliphatic hydroxyl groups excluding tert-OH is 1. The quantitative estimate of drug-likeness (QED) is 0.710. The van der Waals surface area contributed by atoms with Crippen LogP contribution < -0.4 is 4.74 Å². The van der Waals surface area contributed by atoms with E-state index in [2.05, 4.69) is 11.1 Å². The molecule has 0 unspecified atom stereocenters. The zero-order chi connectivity index (χ0) is 22.5. The Morgan fingerprint density at radius 1 is 1.48 bits per heavy atom. The largest absolute Gasteiger partial charge is 0.472 e. The lowest BCUT2D eigenvalue weighted by Crippen LogP contribution is -2.50. The molecule has 0 fully saturated rings. The van der Waals surface area contributed by atoms with E-state index >= 15 is 0 Å². The third-order valence-electron chi connectivity index (χ3n) is 6.08. The first-order chi connectivity index (χ1) is 14.8. The van der Waals surface area contributed by atoms with Crippen LogP contribution in [0, 0.1) is 5.92 Å². The fourth-order valence-electron chi connectivity index (χ4n) is 4.03. The van der Waals surface area contributed by atoms with Crippen LogP contribution in [0.25, 0.3) is 5.57 Å². The Labute approximate surface area is 183 Å². The first-order valence-electron chi connectivity index (χ1n) is 10.9. The summed E-state index contributed by atoms with van der Waals surface area (Å²) in [5.74, 6) is -0.151. The van der Waals surface area contributed by atoms with E-state index in [4.69, 9.17) is 9.47 Å². The number of carbonyl (C=O) groups is 2. The Balaban J connectivity index is 1.96. The van der Waals surface area contributed by atoms with Crippen LogP contribution in [-0.4, -0.2) is 84.3 Å². The van der Waals surface area contributed by atoms with Crippen molar-refractivity contribution in [1.82, 2.24) is 14.8 Å². The third-order valence-corrected chi connectivity index (χ3v) is 6.08. The summed E-state index contributed by atoms with van der Waals surface area (Å²) in [7, 11) is 3.19. The maximum Gasteiger partial charge on any atom is 0.259 e. The minimum absolute atomic E-state index is 0.00291. The molecule has 3 rings (SSSR count). The SMILES string of the molecule is COCC(=O)N(C)C[C@@H]1Oc2ncc(C3=CCCC3)cc2C(=O)N([C@H](C)CO)C[C@@H]1C. The molecule has 0 saturated carbocycles. The second-order valence-corrected chi connectivity index (χ2v) is 8.53. The molecule has 1 aromatic rings. The molecule has 2 heterocycles. The summed E-state index contributed by atoms with van der Waals surface area (Å²) in [5, 5.41) is 9.75. The molecule has 8 heteroatoms. The van der Waals surface area contributed by atoms with Gasteiger partial charge in [0.25, 0.3) is 5.91 Å². The molecular formula is C23H33N3O5. The summed E-state index contributed by atoms with van der Waals surface area (Å²) >= 11 is 0. The predicted molar refractivity (Wildman–Crippen MR) is 117 cm³/mol. The summed E-state index contributed by atoms with van der Waals surface area (Å²) in [4.78, 5) is 33.4. The maximum absolute atomic E-state index is 13.4. The van der Waals surface area contributed by atoms with Gasteiger partial charge in [-0.2, -0.15) is 0 Å². The monoisotopic (exact) mass is 431 g/mol. The van der Waals surface area contributed by atoms with Gasteiger partial charge in [-0.1, -0.05) is 13.0 Å². The maximum atomic E-state index is 13.4. The summed E-state index contributed by atoms with van der Waals surface area (Å²) in [6.07, 6.45) is 6.69. The molecule has 0 radical (unpaired) electrons. The Kier molecular flexibility index (Phi) is 7.67. The number of pyridine rings is 1. The Bertz CT molecular complexity index is 841. The summed E-state index contributed by atoms with van der Waals surface area (Å²) < 4.78 is 11.2. The highest BCUT2D eigenvalue weighted by molar-refractivity contribution is 5.97.